The average Bonchev–Trinajstić information content (AvgIpc) is 2.68. The number of nitrogens with zero attached hydrogens (tertiary/aromatic N) is 2. The monoisotopic (exact) mass is 409 g/mol. The molecule has 3 N–H and O–H groups in total. The first-order valence-electron chi connectivity index (χ1n) is 8.50. The summed E-state index contributed by atoms with van der Waals surface area (Å²) in [6.07, 6.45) is 4.95. The summed E-state index contributed by atoms with van der Waals surface area (Å²) in [6, 6.07) is 6.68. The fourth-order valence-electron chi connectivity index (χ4n) is 2.81. The quantitative estimate of drug-likeness (QED) is 0.704. The van der Waals surface area contributed by atoms with Crippen molar-refractivity contribution in [1.82, 2.24) is 20.6 Å². The number of nitrogens with one attached hydrogen (secondary N) is 3. The summed E-state index contributed by atoms with van der Waals surface area (Å²) in [4.78, 5) is 33.1. The van der Waals surface area contributed by atoms with E-state index in [1.807, 2.05) is 0 Å². The van der Waals surface area contributed by atoms with Crippen LogP contribution in [-0.2, 0) is 0 Å². The molecule has 2 heterocycles. The third-order valence-electron chi connectivity index (χ3n) is 4.18. The van der Waals surface area contributed by atoms with Crippen LogP contribution in [0.25, 0.3) is 0 Å². The highest BCUT2D eigenvalue weighted by molar-refractivity contribution is 6.30. The Morgan fingerprint density at radius 2 is 1.78 bits per heavy atom. The minimum absolute atomic E-state index is 0. The van der Waals surface area contributed by atoms with Gasteiger partial charge in [-0.2, -0.15) is 0 Å². The lowest BCUT2D eigenvalue weighted by atomic mass is 10.00. The highest BCUT2D eigenvalue weighted by atomic mass is 35.5. The lowest BCUT2D eigenvalue weighted by Gasteiger charge is -2.22. The second-order valence-electron chi connectivity index (χ2n) is 6.14. The molecule has 7 nitrogen and oxygen atoms in total. The van der Waals surface area contributed by atoms with Gasteiger partial charge in [-0.25, -0.2) is 9.97 Å². The normalized spacial score (nSPS) is 16.1. The van der Waals surface area contributed by atoms with Gasteiger partial charge in [0.15, 0.2) is 11.4 Å². The van der Waals surface area contributed by atoms with E-state index in [0.29, 0.717) is 23.2 Å². The molecule has 1 atom stereocenters. The number of aromatic nitrogens is 2. The Bertz CT molecular complexity index is 780. The Morgan fingerprint density at radius 1 is 1.11 bits per heavy atom. The summed E-state index contributed by atoms with van der Waals surface area (Å²) in [5.41, 5.74) is 0.564. The van der Waals surface area contributed by atoms with E-state index >= 15 is 0 Å². The number of piperidine rings is 1. The zero-order valence-corrected chi connectivity index (χ0v) is 16.1. The number of amides is 2. The second-order valence-corrected chi connectivity index (χ2v) is 6.57. The molecule has 0 aliphatic carbocycles. The molecule has 1 unspecified atom stereocenters. The third-order valence-corrected chi connectivity index (χ3v) is 4.43. The summed E-state index contributed by atoms with van der Waals surface area (Å²) < 4.78 is 0. The Labute approximate surface area is 168 Å². The lowest BCUT2D eigenvalue weighted by molar-refractivity contribution is 0.0925. The van der Waals surface area contributed by atoms with Gasteiger partial charge in [0.1, 0.15) is 0 Å². The van der Waals surface area contributed by atoms with Crippen molar-refractivity contribution in [2.45, 2.75) is 12.8 Å². The van der Waals surface area contributed by atoms with E-state index in [1.165, 1.54) is 12.4 Å². The number of benzene rings is 1. The molecule has 1 aliphatic rings. The fraction of sp³-hybridized carbons (Fsp3) is 0.333. The number of carbonyl (C=O) groups is 2. The number of anilines is 1. The van der Waals surface area contributed by atoms with Crippen molar-refractivity contribution >= 4 is 41.5 Å². The van der Waals surface area contributed by atoms with Gasteiger partial charge in [-0.3, -0.25) is 9.59 Å². The van der Waals surface area contributed by atoms with E-state index in [4.69, 9.17) is 11.6 Å². The molecule has 27 heavy (non-hydrogen) atoms. The average molecular weight is 410 g/mol. The standard InChI is InChI=1S/C18H20ClN5O2.ClH/c19-13-3-5-14(6-4-13)24-18(26)16-15(21-8-9-22-16)17(25)23-11-12-2-1-7-20-10-12;/h3-6,8-9,12,20H,1-2,7,10-11H2,(H,23,25)(H,24,26);1H. The number of rotatable bonds is 5. The molecule has 1 aromatic carbocycles. The SMILES string of the molecule is Cl.O=C(NCC1CCCNC1)c1nccnc1C(=O)Nc1ccc(Cl)cc1. The fourth-order valence-corrected chi connectivity index (χ4v) is 2.94. The van der Waals surface area contributed by atoms with Gasteiger partial charge in [0.05, 0.1) is 0 Å². The van der Waals surface area contributed by atoms with Gasteiger partial charge < -0.3 is 16.0 Å². The molecular weight excluding hydrogens is 389 g/mol. The minimum Gasteiger partial charge on any atom is -0.350 e. The van der Waals surface area contributed by atoms with E-state index in [0.717, 1.165) is 25.9 Å². The molecule has 3 rings (SSSR count). The van der Waals surface area contributed by atoms with Crippen LogP contribution in [0.1, 0.15) is 33.8 Å². The van der Waals surface area contributed by atoms with Crippen molar-refractivity contribution in [3.63, 3.8) is 0 Å². The second kappa shape index (κ2) is 10.2. The smallest absolute Gasteiger partial charge is 0.276 e. The van der Waals surface area contributed by atoms with Gasteiger partial charge in [-0.1, -0.05) is 11.6 Å². The third kappa shape index (κ3) is 5.89. The molecule has 2 amide bonds. The molecule has 144 valence electrons. The van der Waals surface area contributed by atoms with Crippen LogP contribution in [0.3, 0.4) is 0 Å². The molecular formula is C18H21Cl2N5O2. The summed E-state index contributed by atoms with van der Waals surface area (Å²) in [5.74, 6) is -0.509. The first-order valence-corrected chi connectivity index (χ1v) is 8.88. The van der Waals surface area contributed by atoms with E-state index in [9.17, 15) is 9.59 Å². The molecule has 1 aromatic heterocycles. The largest absolute Gasteiger partial charge is 0.350 e. The van der Waals surface area contributed by atoms with Crippen LogP contribution < -0.4 is 16.0 Å². The molecule has 1 fully saturated rings. The maximum Gasteiger partial charge on any atom is 0.276 e. The van der Waals surface area contributed by atoms with E-state index < -0.39 is 11.8 Å². The van der Waals surface area contributed by atoms with Crippen molar-refractivity contribution in [1.29, 1.82) is 0 Å². The van der Waals surface area contributed by atoms with Crippen LogP contribution in [-0.4, -0.2) is 41.4 Å². The Hall–Kier alpha value is -2.22. The predicted octanol–water partition coefficient (Wildman–Crippen LogP) is 2.53. The molecule has 0 radical (unpaired) electrons. The Kier molecular flexibility index (Phi) is 7.97. The molecule has 9 heteroatoms. The molecule has 1 saturated heterocycles. The highest BCUT2D eigenvalue weighted by Crippen LogP contribution is 2.15. The van der Waals surface area contributed by atoms with Gasteiger partial charge in [0.2, 0.25) is 0 Å². The molecule has 1 aliphatic heterocycles. The van der Waals surface area contributed by atoms with Crippen LogP contribution in [0.4, 0.5) is 5.69 Å². The van der Waals surface area contributed by atoms with E-state index in [-0.39, 0.29) is 23.8 Å². The summed E-state index contributed by atoms with van der Waals surface area (Å²) >= 11 is 5.84. The van der Waals surface area contributed by atoms with Crippen molar-refractivity contribution in [3.8, 4) is 0 Å². The Balaban J connectivity index is 0.00000261. The number of carbonyl (C=O) groups excluding carboxylic acids is 2. The zero-order chi connectivity index (χ0) is 18.4. The molecule has 2 aromatic rings. The number of hydrogen-bond acceptors (Lipinski definition) is 5. The zero-order valence-electron chi connectivity index (χ0n) is 14.6. The maximum atomic E-state index is 12.5. The van der Waals surface area contributed by atoms with Crippen LogP contribution in [0.5, 0.6) is 0 Å². The first-order chi connectivity index (χ1) is 12.6. The van der Waals surface area contributed by atoms with Crippen molar-refractivity contribution < 1.29 is 9.59 Å². The number of hydrogen-bond donors (Lipinski definition) is 3. The topological polar surface area (TPSA) is 96.0 Å². The van der Waals surface area contributed by atoms with Crippen LogP contribution in [0.2, 0.25) is 5.02 Å². The van der Waals surface area contributed by atoms with Crippen molar-refractivity contribution in [2.24, 2.45) is 5.92 Å². The summed E-state index contributed by atoms with van der Waals surface area (Å²) in [6.45, 7) is 2.44. The lowest BCUT2D eigenvalue weighted by Crippen LogP contribution is -2.38. The van der Waals surface area contributed by atoms with Crippen LogP contribution >= 0.6 is 24.0 Å². The molecule has 0 spiro atoms. The molecule has 0 bridgehead atoms. The number of halogens is 2. The van der Waals surface area contributed by atoms with Gasteiger partial charge in [-0.15, -0.1) is 12.4 Å². The van der Waals surface area contributed by atoms with Crippen LogP contribution in [0.15, 0.2) is 36.7 Å². The van der Waals surface area contributed by atoms with E-state index in [2.05, 4.69) is 25.9 Å². The summed E-state index contributed by atoms with van der Waals surface area (Å²) in [5, 5.41) is 9.43. The maximum absolute atomic E-state index is 12.5. The predicted molar refractivity (Wildman–Crippen MR) is 107 cm³/mol. The van der Waals surface area contributed by atoms with Gasteiger partial charge in [0, 0.05) is 29.6 Å². The highest BCUT2D eigenvalue weighted by Gasteiger charge is 2.21. The van der Waals surface area contributed by atoms with Gasteiger partial charge >= 0.3 is 0 Å². The van der Waals surface area contributed by atoms with Gasteiger partial charge in [-0.05, 0) is 56.1 Å². The van der Waals surface area contributed by atoms with Crippen molar-refractivity contribution in [3.05, 3.63) is 53.1 Å². The van der Waals surface area contributed by atoms with Gasteiger partial charge in [0.25, 0.3) is 11.8 Å². The minimum atomic E-state index is -0.495. The summed E-state index contributed by atoms with van der Waals surface area (Å²) in [7, 11) is 0. The molecule has 0 saturated carbocycles. The van der Waals surface area contributed by atoms with Crippen molar-refractivity contribution in [2.75, 3.05) is 25.0 Å². The Morgan fingerprint density at radius 3 is 2.41 bits per heavy atom. The van der Waals surface area contributed by atoms with E-state index in [1.54, 1.807) is 24.3 Å². The first kappa shape index (κ1) is 21.1. The van der Waals surface area contributed by atoms with Crippen LogP contribution in [0, 0.1) is 5.92 Å².